The zero-order valence-corrected chi connectivity index (χ0v) is 17.9. The molecule has 0 aliphatic heterocycles. The van der Waals surface area contributed by atoms with Crippen LogP contribution in [0.15, 0.2) is 48.5 Å². The Morgan fingerprint density at radius 2 is 1.61 bits per heavy atom. The van der Waals surface area contributed by atoms with E-state index in [4.69, 9.17) is 0 Å². The van der Waals surface area contributed by atoms with E-state index in [-0.39, 0.29) is 29.9 Å². The molecule has 9 heteroatoms. The number of nitro benzene ring substituents is 1. The number of carbonyl (C=O) groups is 1. The third kappa shape index (κ3) is 5.68. The van der Waals surface area contributed by atoms with Gasteiger partial charge in [-0.05, 0) is 55.4 Å². The lowest BCUT2D eigenvalue weighted by Gasteiger charge is -2.22. The van der Waals surface area contributed by atoms with Crippen molar-refractivity contribution in [2.45, 2.75) is 50.7 Å². The summed E-state index contributed by atoms with van der Waals surface area (Å²) in [5, 5.41) is 13.7. The van der Waals surface area contributed by atoms with Crippen LogP contribution in [0.1, 0.15) is 47.2 Å². The van der Waals surface area contributed by atoms with Crippen molar-refractivity contribution in [2.75, 3.05) is 5.75 Å². The Balaban J connectivity index is 1.39. The Labute approximate surface area is 181 Å². The Hall–Kier alpha value is -2.78. The van der Waals surface area contributed by atoms with E-state index in [1.54, 1.807) is 28.6 Å². The number of carbonyl (C=O) groups excluding carboxylic acids is 1. The van der Waals surface area contributed by atoms with Crippen molar-refractivity contribution < 1.29 is 18.1 Å². The van der Waals surface area contributed by atoms with Crippen LogP contribution >= 0.6 is 0 Å². The van der Waals surface area contributed by atoms with Crippen LogP contribution in [-0.4, -0.2) is 41.4 Å². The first-order valence-corrected chi connectivity index (χ1v) is 12.1. The summed E-state index contributed by atoms with van der Waals surface area (Å²) in [5.41, 5.74) is 2.15. The van der Waals surface area contributed by atoms with Crippen LogP contribution in [0.2, 0.25) is 0 Å². The van der Waals surface area contributed by atoms with E-state index in [2.05, 4.69) is 5.32 Å². The number of nitro groups is 1. The Morgan fingerprint density at radius 1 is 1.00 bits per heavy atom. The maximum absolute atomic E-state index is 13.0. The van der Waals surface area contributed by atoms with Gasteiger partial charge in [-0.3, -0.25) is 14.9 Å². The minimum absolute atomic E-state index is 0.0135. The molecule has 4 rings (SSSR count). The summed E-state index contributed by atoms with van der Waals surface area (Å²) in [5.74, 6) is -0.146. The molecule has 2 aromatic rings. The van der Waals surface area contributed by atoms with Crippen molar-refractivity contribution in [3.05, 3.63) is 75.3 Å². The summed E-state index contributed by atoms with van der Waals surface area (Å²) < 4.78 is 27.6. The Morgan fingerprint density at radius 3 is 2.16 bits per heavy atom. The first-order valence-electron chi connectivity index (χ1n) is 10.4. The summed E-state index contributed by atoms with van der Waals surface area (Å²) in [6.45, 7) is 0.276. The van der Waals surface area contributed by atoms with Crippen LogP contribution in [0, 0.1) is 10.1 Å². The number of nitrogens with one attached hydrogen (secondary N) is 1. The molecule has 2 aliphatic carbocycles. The van der Waals surface area contributed by atoms with E-state index < -0.39 is 14.9 Å². The first kappa shape index (κ1) is 21.5. The smallest absolute Gasteiger partial charge is 0.269 e. The molecule has 2 aromatic carbocycles. The summed E-state index contributed by atoms with van der Waals surface area (Å²) in [7, 11) is -3.50. The number of rotatable bonds is 10. The van der Waals surface area contributed by atoms with Gasteiger partial charge in [0.05, 0.1) is 10.7 Å². The lowest BCUT2D eigenvalue weighted by atomic mass is 10.1. The maximum Gasteiger partial charge on any atom is 0.269 e. The van der Waals surface area contributed by atoms with Crippen molar-refractivity contribution in [2.24, 2.45) is 0 Å². The molecule has 0 aromatic heterocycles. The van der Waals surface area contributed by atoms with Crippen LogP contribution in [0.5, 0.6) is 0 Å². The van der Waals surface area contributed by atoms with E-state index in [0.29, 0.717) is 18.0 Å². The zero-order chi connectivity index (χ0) is 22.0. The van der Waals surface area contributed by atoms with Gasteiger partial charge >= 0.3 is 0 Å². The minimum Gasteiger partial charge on any atom is -0.349 e. The molecule has 0 unspecified atom stereocenters. The molecule has 31 heavy (non-hydrogen) atoms. The molecule has 2 fully saturated rings. The molecular weight excluding hydrogens is 418 g/mol. The number of non-ortho nitro benzene ring substituents is 1. The van der Waals surface area contributed by atoms with Gasteiger partial charge in [-0.1, -0.05) is 24.3 Å². The van der Waals surface area contributed by atoms with Crippen LogP contribution in [0.3, 0.4) is 0 Å². The third-order valence-electron chi connectivity index (χ3n) is 5.57. The van der Waals surface area contributed by atoms with Crippen LogP contribution in [-0.2, 0) is 23.0 Å². The average Bonchev–Trinajstić information content (AvgIpc) is 3.66. The van der Waals surface area contributed by atoms with Crippen LogP contribution in [0.25, 0.3) is 0 Å². The molecule has 2 saturated carbocycles. The summed E-state index contributed by atoms with van der Waals surface area (Å²) in [6.07, 6.45) is 4.04. The summed E-state index contributed by atoms with van der Waals surface area (Å²) >= 11 is 0. The number of nitrogens with zero attached hydrogens (tertiary/aromatic N) is 2. The highest BCUT2D eigenvalue weighted by atomic mass is 32.2. The van der Waals surface area contributed by atoms with Gasteiger partial charge in [0.25, 0.3) is 11.6 Å². The highest BCUT2D eigenvalue weighted by Crippen LogP contribution is 2.31. The van der Waals surface area contributed by atoms with Gasteiger partial charge in [0.2, 0.25) is 10.0 Å². The molecule has 1 N–H and O–H groups in total. The van der Waals surface area contributed by atoms with Crippen molar-refractivity contribution >= 4 is 21.6 Å². The van der Waals surface area contributed by atoms with E-state index in [1.165, 1.54) is 12.1 Å². The second-order valence-corrected chi connectivity index (χ2v) is 10.3. The van der Waals surface area contributed by atoms with Crippen molar-refractivity contribution in [1.29, 1.82) is 0 Å². The number of sulfonamides is 1. The molecule has 0 radical (unpaired) electrons. The fourth-order valence-electron chi connectivity index (χ4n) is 3.40. The lowest BCUT2D eigenvalue weighted by molar-refractivity contribution is -0.384. The SMILES string of the molecule is O=C(NC1CC1)c1ccc(CN(C2CC2)S(=O)(=O)CCc2ccc([N+](=O)[O-])cc2)cc1. The largest absolute Gasteiger partial charge is 0.349 e. The molecule has 0 atom stereocenters. The van der Waals surface area contributed by atoms with Crippen molar-refractivity contribution in [3.63, 3.8) is 0 Å². The molecule has 0 spiro atoms. The predicted molar refractivity (Wildman–Crippen MR) is 116 cm³/mol. The second kappa shape index (κ2) is 8.76. The van der Waals surface area contributed by atoms with Gasteiger partial charge in [-0.25, -0.2) is 8.42 Å². The topological polar surface area (TPSA) is 110 Å². The molecule has 1 amide bonds. The molecule has 2 aliphatic rings. The van der Waals surface area contributed by atoms with E-state index in [9.17, 15) is 23.3 Å². The number of aryl methyl sites for hydroxylation is 1. The van der Waals surface area contributed by atoms with Crippen molar-refractivity contribution in [3.8, 4) is 0 Å². The molecular formula is C22H25N3O5S. The van der Waals surface area contributed by atoms with Gasteiger partial charge in [0, 0.05) is 36.3 Å². The normalized spacial score (nSPS) is 16.3. The van der Waals surface area contributed by atoms with E-state index >= 15 is 0 Å². The monoisotopic (exact) mass is 443 g/mol. The number of amides is 1. The van der Waals surface area contributed by atoms with Gasteiger partial charge < -0.3 is 5.32 Å². The number of hydrogen-bond donors (Lipinski definition) is 1. The molecule has 0 bridgehead atoms. The third-order valence-corrected chi connectivity index (χ3v) is 7.44. The van der Waals surface area contributed by atoms with E-state index in [0.717, 1.165) is 36.8 Å². The fourth-order valence-corrected chi connectivity index (χ4v) is 5.14. The second-order valence-electron chi connectivity index (χ2n) is 8.21. The molecule has 0 saturated heterocycles. The maximum atomic E-state index is 13.0. The molecule has 0 heterocycles. The predicted octanol–water partition coefficient (Wildman–Crippen LogP) is 3.02. The zero-order valence-electron chi connectivity index (χ0n) is 17.1. The summed E-state index contributed by atoms with van der Waals surface area (Å²) in [4.78, 5) is 22.4. The molecule has 8 nitrogen and oxygen atoms in total. The highest BCUT2D eigenvalue weighted by Gasteiger charge is 2.37. The standard InChI is InChI=1S/C22H25N3O5S/c26-22(23-19-7-8-19)18-5-1-17(2-6-18)15-24(20-11-12-20)31(29,30)14-13-16-3-9-21(10-4-16)25(27)28/h1-6,9-10,19-20H,7-8,11-15H2,(H,23,26). The van der Waals surface area contributed by atoms with Gasteiger partial charge in [0.15, 0.2) is 0 Å². The van der Waals surface area contributed by atoms with Gasteiger partial charge in [-0.2, -0.15) is 4.31 Å². The average molecular weight is 444 g/mol. The van der Waals surface area contributed by atoms with Crippen LogP contribution < -0.4 is 5.32 Å². The lowest BCUT2D eigenvalue weighted by Crippen LogP contribution is -2.35. The summed E-state index contributed by atoms with van der Waals surface area (Å²) in [6, 6.07) is 13.4. The number of hydrogen-bond acceptors (Lipinski definition) is 5. The Bertz CT molecular complexity index is 1060. The minimum atomic E-state index is -3.50. The molecule has 164 valence electrons. The quantitative estimate of drug-likeness (QED) is 0.448. The van der Waals surface area contributed by atoms with Gasteiger partial charge in [-0.15, -0.1) is 0 Å². The van der Waals surface area contributed by atoms with Crippen molar-refractivity contribution in [1.82, 2.24) is 9.62 Å². The van der Waals surface area contributed by atoms with Gasteiger partial charge in [0.1, 0.15) is 0 Å². The fraction of sp³-hybridized carbons (Fsp3) is 0.409. The van der Waals surface area contributed by atoms with Crippen LogP contribution in [0.4, 0.5) is 5.69 Å². The Kier molecular flexibility index (Phi) is 6.06. The first-order chi connectivity index (χ1) is 14.8. The van der Waals surface area contributed by atoms with E-state index in [1.807, 2.05) is 12.1 Å². The number of benzene rings is 2. The highest BCUT2D eigenvalue weighted by molar-refractivity contribution is 7.89.